The summed E-state index contributed by atoms with van der Waals surface area (Å²) in [5, 5.41) is 9.74. The van der Waals surface area contributed by atoms with Gasteiger partial charge in [0.15, 0.2) is 6.10 Å². The number of aliphatic hydroxyl groups excluding tert-OH is 1. The summed E-state index contributed by atoms with van der Waals surface area (Å²) >= 11 is 0. The molecule has 3 heteroatoms. The standard InChI is InChI=1S/C13H16O3.C4H10/c1-4-13(2,3)16-12(15)11(14)10-8-6-5-7-9-10;1-3-4-2/h4-9,11,14H,1H2,2-3H3;3-4H2,1-2H3. The summed E-state index contributed by atoms with van der Waals surface area (Å²) in [6.07, 6.45) is 2.91. The monoisotopic (exact) mass is 278 g/mol. The van der Waals surface area contributed by atoms with Crippen LogP contribution in [0, 0.1) is 0 Å². The van der Waals surface area contributed by atoms with E-state index in [1.54, 1.807) is 38.1 Å². The van der Waals surface area contributed by atoms with Crippen molar-refractivity contribution in [2.24, 2.45) is 0 Å². The number of hydrogen-bond acceptors (Lipinski definition) is 3. The Bertz CT molecular complexity index is 394. The summed E-state index contributed by atoms with van der Waals surface area (Å²) in [6.45, 7) is 11.3. The van der Waals surface area contributed by atoms with Crippen LogP contribution in [-0.2, 0) is 9.53 Å². The highest BCUT2D eigenvalue weighted by molar-refractivity contribution is 5.76. The Morgan fingerprint density at radius 1 is 1.30 bits per heavy atom. The zero-order valence-corrected chi connectivity index (χ0v) is 12.9. The molecule has 1 rings (SSSR count). The third-order valence-electron chi connectivity index (χ3n) is 2.69. The summed E-state index contributed by atoms with van der Waals surface area (Å²) < 4.78 is 5.10. The van der Waals surface area contributed by atoms with Gasteiger partial charge < -0.3 is 9.84 Å². The van der Waals surface area contributed by atoms with Crippen LogP contribution in [0.5, 0.6) is 0 Å². The van der Waals surface area contributed by atoms with E-state index in [1.165, 1.54) is 18.9 Å². The minimum absolute atomic E-state index is 0.521. The Balaban J connectivity index is 0.000000796. The maximum absolute atomic E-state index is 11.6. The Morgan fingerprint density at radius 3 is 2.20 bits per heavy atom. The number of unbranched alkanes of at least 4 members (excludes halogenated alkanes) is 1. The first-order valence-corrected chi connectivity index (χ1v) is 6.97. The number of carbonyl (C=O) groups is 1. The zero-order valence-electron chi connectivity index (χ0n) is 12.9. The molecule has 1 N–H and O–H groups in total. The number of carbonyl (C=O) groups excluding carboxylic acids is 1. The van der Waals surface area contributed by atoms with Gasteiger partial charge in [0.05, 0.1) is 0 Å². The molecule has 0 saturated carbocycles. The maximum atomic E-state index is 11.6. The summed E-state index contributed by atoms with van der Waals surface area (Å²) in [4.78, 5) is 11.6. The van der Waals surface area contributed by atoms with E-state index in [4.69, 9.17) is 4.74 Å². The second-order valence-electron chi connectivity index (χ2n) is 5.04. The van der Waals surface area contributed by atoms with Gasteiger partial charge in [0.1, 0.15) is 5.60 Å². The third-order valence-corrected chi connectivity index (χ3v) is 2.69. The largest absolute Gasteiger partial charge is 0.453 e. The predicted molar refractivity (Wildman–Crippen MR) is 82.4 cm³/mol. The predicted octanol–water partition coefficient (Wildman–Crippen LogP) is 4.03. The summed E-state index contributed by atoms with van der Waals surface area (Å²) in [7, 11) is 0. The van der Waals surface area contributed by atoms with Gasteiger partial charge >= 0.3 is 5.97 Å². The van der Waals surface area contributed by atoms with E-state index in [0.29, 0.717) is 5.56 Å². The number of benzene rings is 1. The van der Waals surface area contributed by atoms with Crippen LogP contribution in [0.25, 0.3) is 0 Å². The van der Waals surface area contributed by atoms with Crippen molar-refractivity contribution in [2.75, 3.05) is 0 Å². The first-order valence-electron chi connectivity index (χ1n) is 6.97. The molecule has 3 nitrogen and oxygen atoms in total. The Morgan fingerprint density at radius 2 is 1.80 bits per heavy atom. The average molecular weight is 278 g/mol. The SMILES string of the molecule is C=CC(C)(C)OC(=O)C(O)c1ccccc1.CCCC. The minimum Gasteiger partial charge on any atom is -0.453 e. The van der Waals surface area contributed by atoms with E-state index in [-0.39, 0.29) is 0 Å². The summed E-state index contributed by atoms with van der Waals surface area (Å²) in [5.74, 6) is -0.670. The van der Waals surface area contributed by atoms with Crippen molar-refractivity contribution in [3.8, 4) is 0 Å². The second-order valence-corrected chi connectivity index (χ2v) is 5.04. The van der Waals surface area contributed by atoms with Crippen LogP contribution < -0.4 is 0 Å². The minimum atomic E-state index is -1.25. The highest BCUT2D eigenvalue weighted by Gasteiger charge is 2.25. The lowest BCUT2D eigenvalue weighted by atomic mass is 10.1. The molecule has 0 bridgehead atoms. The smallest absolute Gasteiger partial charge is 0.340 e. The molecule has 1 atom stereocenters. The van der Waals surface area contributed by atoms with Gasteiger partial charge in [0.2, 0.25) is 0 Å². The molecule has 0 aliphatic carbocycles. The Hall–Kier alpha value is -1.61. The number of aliphatic hydroxyl groups is 1. The molecule has 0 fully saturated rings. The zero-order chi connectivity index (χ0) is 15.6. The van der Waals surface area contributed by atoms with Crippen LogP contribution in [-0.4, -0.2) is 16.7 Å². The average Bonchev–Trinajstić information content (AvgIpc) is 2.47. The first kappa shape index (κ1) is 18.4. The summed E-state index contributed by atoms with van der Waals surface area (Å²) in [6, 6.07) is 8.67. The van der Waals surface area contributed by atoms with Gasteiger partial charge in [-0.05, 0) is 25.5 Å². The van der Waals surface area contributed by atoms with E-state index in [2.05, 4.69) is 20.4 Å². The molecule has 0 aromatic heterocycles. The molecule has 0 aliphatic heterocycles. The van der Waals surface area contributed by atoms with Crippen molar-refractivity contribution >= 4 is 5.97 Å². The molecule has 0 radical (unpaired) electrons. The molecule has 1 aromatic rings. The van der Waals surface area contributed by atoms with Gasteiger partial charge in [-0.25, -0.2) is 4.79 Å². The number of esters is 1. The lowest BCUT2D eigenvalue weighted by molar-refractivity contribution is -0.163. The fourth-order valence-electron chi connectivity index (χ4n) is 1.13. The lowest BCUT2D eigenvalue weighted by Gasteiger charge is -2.22. The normalized spacial score (nSPS) is 11.8. The molecule has 0 saturated heterocycles. The molecule has 0 spiro atoms. The van der Waals surface area contributed by atoms with Crippen LogP contribution in [0.3, 0.4) is 0 Å². The van der Waals surface area contributed by atoms with Crippen molar-refractivity contribution < 1.29 is 14.6 Å². The summed E-state index contributed by atoms with van der Waals surface area (Å²) in [5.41, 5.74) is -0.250. The van der Waals surface area contributed by atoms with Crippen LogP contribution in [0.4, 0.5) is 0 Å². The van der Waals surface area contributed by atoms with E-state index < -0.39 is 17.7 Å². The van der Waals surface area contributed by atoms with Crippen LogP contribution in [0.15, 0.2) is 43.0 Å². The molecule has 0 heterocycles. The van der Waals surface area contributed by atoms with Crippen molar-refractivity contribution in [3.05, 3.63) is 48.6 Å². The third kappa shape index (κ3) is 7.10. The van der Waals surface area contributed by atoms with Gasteiger partial charge in [-0.1, -0.05) is 63.6 Å². The fraction of sp³-hybridized carbons (Fsp3) is 0.471. The number of hydrogen-bond donors (Lipinski definition) is 1. The van der Waals surface area contributed by atoms with Crippen molar-refractivity contribution in [2.45, 2.75) is 52.2 Å². The van der Waals surface area contributed by atoms with Crippen molar-refractivity contribution in [1.82, 2.24) is 0 Å². The van der Waals surface area contributed by atoms with E-state index in [0.717, 1.165) is 0 Å². The van der Waals surface area contributed by atoms with Gasteiger partial charge in [-0.2, -0.15) is 0 Å². The van der Waals surface area contributed by atoms with E-state index in [9.17, 15) is 9.90 Å². The molecular weight excluding hydrogens is 252 g/mol. The van der Waals surface area contributed by atoms with E-state index >= 15 is 0 Å². The highest BCUT2D eigenvalue weighted by Crippen LogP contribution is 2.18. The Labute approximate surface area is 122 Å². The van der Waals surface area contributed by atoms with Crippen LogP contribution >= 0.6 is 0 Å². The molecule has 0 amide bonds. The quantitative estimate of drug-likeness (QED) is 0.653. The molecule has 1 unspecified atom stereocenters. The van der Waals surface area contributed by atoms with Gasteiger partial charge in [-0.3, -0.25) is 0 Å². The second kappa shape index (κ2) is 9.32. The molecule has 20 heavy (non-hydrogen) atoms. The Kier molecular flexibility index (Phi) is 8.57. The van der Waals surface area contributed by atoms with Crippen molar-refractivity contribution in [1.29, 1.82) is 0 Å². The molecule has 1 aromatic carbocycles. The molecular formula is C17H26O3. The van der Waals surface area contributed by atoms with Crippen LogP contribution in [0.1, 0.15) is 52.2 Å². The topological polar surface area (TPSA) is 46.5 Å². The first-order chi connectivity index (χ1) is 9.37. The van der Waals surface area contributed by atoms with Crippen LogP contribution in [0.2, 0.25) is 0 Å². The van der Waals surface area contributed by atoms with Gasteiger partial charge in [0.25, 0.3) is 0 Å². The van der Waals surface area contributed by atoms with Crippen molar-refractivity contribution in [3.63, 3.8) is 0 Å². The van der Waals surface area contributed by atoms with Gasteiger partial charge in [-0.15, -0.1) is 0 Å². The van der Waals surface area contributed by atoms with Gasteiger partial charge in [0, 0.05) is 0 Å². The fourth-order valence-corrected chi connectivity index (χ4v) is 1.13. The molecule has 0 aliphatic rings. The number of ether oxygens (including phenoxy) is 1. The number of rotatable bonds is 5. The lowest BCUT2D eigenvalue weighted by Crippen LogP contribution is -2.28. The molecule has 112 valence electrons. The highest BCUT2D eigenvalue weighted by atomic mass is 16.6. The van der Waals surface area contributed by atoms with E-state index in [1.807, 2.05) is 6.07 Å². The maximum Gasteiger partial charge on any atom is 0.340 e.